The highest BCUT2D eigenvalue weighted by Gasteiger charge is 2.47. The van der Waals surface area contributed by atoms with Crippen LogP contribution in [-0.2, 0) is 4.79 Å². The summed E-state index contributed by atoms with van der Waals surface area (Å²) in [6.45, 7) is 0.737. The highest BCUT2D eigenvalue weighted by Crippen LogP contribution is 2.49. The molecule has 1 aliphatic heterocycles. The van der Waals surface area contributed by atoms with E-state index < -0.39 is 6.10 Å². The molecule has 1 aromatic heterocycles. The molecule has 4 atom stereocenters. The Kier molecular flexibility index (Phi) is 4.34. The number of nitrogens with zero attached hydrogens (tertiary/aromatic N) is 1. The summed E-state index contributed by atoms with van der Waals surface area (Å²) in [6, 6.07) is 10.1. The van der Waals surface area contributed by atoms with E-state index in [9.17, 15) is 14.3 Å². The van der Waals surface area contributed by atoms with Gasteiger partial charge in [-0.15, -0.1) is 0 Å². The summed E-state index contributed by atoms with van der Waals surface area (Å²) in [6.07, 6.45) is 4.00. The van der Waals surface area contributed by atoms with Gasteiger partial charge in [0.1, 0.15) is 17.7 Å². The second-order valence-electron chi connectivity index (χ2n) is 7.10. The fourth-order valence-corrected chi connectivity index (χ4v) is 4.01. The first-order chi connectivity index (χ1) is 12.1. The Morgan fingerprint density at radius 2 is 2.24 bits per heavy atom. The fourth-order valence-electron chi connectivity index (χ4n) is 4.01. The Labute approximate surface area is 146 Å². The van der Waals surface area contributed by atoms with Gasteiger partial charge in [-0.2, -0.15) is 0 Å². The maximum atomic E-state index is 13.4. The molecule has 4 nitrogen and oxygen atoms in total. The molecule has 2 aliphatic rings. The van der Waals surface area contributed by atoms with Crippen LogP contribution >= 0.6 is 0 Å². The normalized spacial score (nSPS) is 26.6. The quantitative estimate of drug-likeness (QED) is 0.902. The first kappa shape index (κ1) is 16.3. The topological polar surface area (TPSA) is 53.7 Å². The molecule has 4 unspecified atom stereocenters. The first-order valence-corrected chi connectivity index (χ1v) is 8.91. The summed E-state index contributed by atoms with van der Waals surface area (Å²) in [7, 11) is 0. The Balaban J connectivity index is 1.40. The molecule has 2 aromatic rings. The van der Waals surface area contributed by atoms with Crippen LogP contribution in [0.5, 0.6) is 0 Å². The minimum Gasteiger partial charge on any atom is -0.467 e. The summed E-state index contributed by atoms with van der Waals surface area (Å²) in [5.41, 5.74) is 0.907. The molecule has 132 valence electrons. The Morgan fingerprint density at radius 1 is 1.36 bits per heavy atom. The van der Waals surface area contributed by atoms with Crippen molar-refractivity contribution < 1.29 is 18.7 Å². The van der Waals surface area contributed by atoms with Gasteiger partial charge in [-0.05, 0) is 55.0 Å². The third-order valence-electron chi connectivity index (χ3n) is 5.41. The van der Waals surface area contributed by atoms with Gasteiger partial charge in [0.05, 0.1) is 6.26 Å². The van der Waals surface area contributed by atoms with Crippen LogP contribution in [0.1, 0.15) is 49.0 Å². The van der Waals surface area contributed by atoms with E-state index in [1.54, 1.807) is 24.5 Å². The van der Waals surface area contributed by atoms with E-state index in [4.69, 9.17) is 4.42 Å². The third-order valence-corrected chi connectivity index (χ3v) is 5.41. The number of likely N-dealkylation sites (tertiary alicyclic amines) is 1. The van der Waals surface area contributed by atoms with Gasteiger partial charge in [0.25, 0.3) is 0 Å². The SMILES string of the molecule is O=C(C1CC1c1cccc(F)c1)N1CCCC1CC(O)c1ccco1. The number of aliphatic hydroxyl groups is 1. The van der Waals surface area contributed by atoms with Crippen LogP contribution in [0.4, 0.5) is 4.39 Å². The lowest BCUT2D eigenvalue weighted by Gasteiger charge is -2.26. The zero-order valence-electron chi connectivity index (χ0n) is 14.0. The number of furan rings is 1. The number of benzene rings is 1. The molecular formula is C20H22FNO3. The van der Waals surface area contributed by atoms with Crippen molar-refractivity contribution in [3.05, 3.63) is 59.8 Å². The van der Waals surface area contributed by atoms with Crippen LogP contribution in [0.25, 0.3) is 0 Å². The van der Waals surface area contributed by atoms with Crippen LogP contribution in [0.3, 0.4) is 0 Å². The van der Waals surface area contributed by atoms with Crippen LogP contribution in [0.15, 0.2) is 47.1 Å². The highest BCUT2D eigenvalue weighted by atomic mass is 19.1. The molecule has 2 fully saturated rings. The van der Waals surface area contributed by atoms with Crippen molar-refractivity contribution in [3.8, 4) is 0 Å². The number of hydrogen-bond acceptors (Lipinski definition) is 3. The van der Waals surface area contributed by atoms with Crippen molar-refractivity contribution in [3.63, 3.8) is 0 Å². The maximum Gasteiger partial charge on any atom is 0.226 e. The minimum atomic E-state index is -0.688. The van der Waals surface area contributed by atoms with Gasteiger partial charge in [-0.25, -0.2) is 4.39 Å². The number of carbonyl (C=O) groups excluding carboxylic acids is 1. The molecule has 0 radical (unpaired) electrons. The lowest BCUT2D eigenvalue weighted by Crippen LogP contribution is -2.37. The number of amides is 1. The summed E-state index contributed by atoms with van der Waals surface area (Å²) >= 11 is 0. The molecule has 0 spiro atoms. The van der Waals surface area contributed by atoms with E-state index in [1.165, 1.54) is 12.1 Å². The van der Waals surface area contributed by atoms with Crippen LogP contribution in [-0.4, -0.2) is 28.5 Å². The second kappa shape index (κ2) is 6.64. The van der Waals surface area contributed by atoms with Gasteiger partial charge in [0.2, 0.25) is 5.91 Å². The number of aliphatic hydroxyl groups excluding tert-OH is 1. The van der Waals surface area contributed by atoms with Crippen molar-refractivity contribution >= 4 is 5.91 Å². The van der Waals surface area contributed by atoms with Crippen molar-refractivity contribution in [1.29, 1.82) is 0 Å². The largest absolute Gasteiger partial charge is 0.467 e. The average molecular weight is 343 g/mol. The standard InChI is InChI=1S/C20H22FNO3/c21-14-5-1-4-13(10-14)16-12-17(16)20(24)22-8-2-6-15(22)11-18(23)19-7-3-9-25-19/h1,3-5,7,9-10,15-18,23H,2,6,8,11-12H2. The van der Waals surface area contributed by atoms with E-state index in [2.05, 4.69) is 0 Å². The van der Waals surface area contributed by atoms with E-state index in [0.29, 0.717) is 12.2 Å². The monoisotopic (exact) mass is 343 g/mol. The summed E-state index contributed by atoms with van der Waals surface area (Å²) < 4.78 is 18.7. The van der Waals surface area contributed by atoms with Crippen molar-refractivity contribution in [1.82, 2.24) is 4.90 Å². The van der Waals surface area contributed by atoms with Crippen LogP contribution < -0.4 is 0 Å². The van der Waals surface area contributed by atoms with E-state index in [-0.39, 0.29) is 29.6 Å². The zero-order chi connectivity index (χ0) is 17.4. The molecule has 1 N–H and O–H groups in total. The molecule has 1 aromatic carbocycles. The van der Waals surface area contributed by atoms with Gasteiger partial charge in [0.15, 0.2) is 0 Å². The van der Waals surface area contributed by atoms with E-state index >= 15 is 0 Å². The molecule has 1 aliphatic carbocycles. The molecule has 1 saturated carbocycles. The summed E-state index contributed by atoms with van der Waals surface area (Å²) in [4.78, 5) is 14.8. The van der Waals surface area contributed by atoms with Gasteiger partial charge in [0, 0.05) is 24.9 Å². The van der Waals surface area contributed by atoms with Gasteiger partial charge < -0.3 is 14.4 Å². The molecule has 1 amide bonds. The first-order valence-electron chi connectivity index (χ1n) is 8.91. The fraction of sp³-hybridized carbons (Fsp3) is 0.450. The number of carbonyl (C=O) groups is 1. The second-order valence-corrected chi connectivity index (χ2v) is 7.10. The summed E-state index contributed by atoms with van der Waals surface area (Å²) in [5.74, 6) is 0.505. The third kappa shape index (κ3) is 3.33. The predicted octanol–water partition coefficient (Wildman–Crippen LogP) is 3.64. The van der Waals surface area contributed by atoms with Crippen molar-refractivity contribution in [2.75, 3.05) is 6.54 Å². The predicted molar refractivity (Wildman–Crippen MR) is 90.3 cm³/mol. The smallest absolute Gasteiger partial charge is 0.226 e. The Hall–Kier alpha value is -2.14. The Bertz CT molecular complexity index is 745. The highest BCUT2D eigenvalue weighted by molar-refractivity contribution is 5.83. The lowest BCUT2D eigenvalue weighted by molar-refractivity contribution is -0.134. The molecule has 0 bridgehead atoms. The van der Waals surface area contributed by atoms with Crippen molar-refractivity contribution in [2.24, 2.45) is 5.92 Å². The van der Waals surface area contributed by atoms with Crippen LogP contribution in [0, 0.1) is 11.7 Å². The van der Waals surface area contributed by atoms with Gasteiger partial charge >= 0.3 is 0 Å². The zero-order valence-corrected chi connectivity index (χ0v) is 14.0. The van der Waals surface area contributed by atoms with E-state index in [0.717, 1.165) is 31.4 Å². The van der Waals surface area contributed by atoms with Gasteiger partial charge in [-0.1, -0.05) is 12.1 Å². The molecule has 4 rings (SSSR count). The average Bonchev–Trinajstić information content (AvgIpc) is 2.99. The number of rotatable bonds is 5. The molecule has 1 saturated heterocycles. The molecule has 2 heterocycles. The summed E-state index contributed by atoms with van der Waals surface area (Å²) in [5, 5.41) is 10.3. The van der Waals surface area contributed by atoms with Crippen molar-refractivity contribution in [2.45, 2.75) is 43.7 Å². The maximum absolute atomic E-state index is 13.4. The molecular weight excluding hydrogens is 321 g/mol. The lowest BCUT2D eigenvalue weighted by atomic mass is 10.0. The minimum absolute atomic E-state index is 0.0429. The Morgan fingerprint density at radius 3 is 3.00 bits per heavy atom. The van der Waals surface area contributed by atoms with Gasteiger partial charge in [-0.3, -0.25) is 4.79 Å². The molecule has 25 heavy (non-hydrogen) atoms. The number of hydrogen-bond donors (Lipinski definition) is 1. The molecule has 5 heteroatoms. The number of halogens is 1. The van der Waals surface area contributed by atoms with E-state index in [1.807, 2.05) is 11.0 Å². The van der Waals surface area contributed by atoms with Crippen LogP contribution in [0.2, 0.25) is 0 Å².